The van der Waals surface area contributed by atoms with Crippen molar-refractivity contribution in [3.05, 3.63) is 59.7 Å². The van der Waals surface area contributed by atoms with Crippen molar-refractivity contribution >= 4 is 29.3 Å². The summed E-state index contributed by atoms with van der Waals surface area (Å²) in [4.78, 5) is 25.5. The molecular formula is C21H21F3N2O2S. The predicted molar refractivity (Wildman–Crippen MR) is 107 cm³/mol. The molecule has 0 fully saturated rings. The van der Waals surface area contributed by atoms with E-state index in [1.54, 1.807) is 26.0 Å². The van der Waals surface area contributed by atoms with Gasteiger partial charge in [0.05, 0.1) is 16.5 Å². The molecule has 2 N–H and O–H groups in total. The Kier molecular flexibility index (Phi) is 5.93. The molecule has 0 radical (unpaired) electrons. The number of para-hydroxylation sites is 1. The van der Waals surface area contributed by atoms with Crippen molar-refractivity contribution in [3.8, 4) is 0 Å². The first-order chi connectivity index (χ1) is 13.6. The van der Waals surface area contributed by atoms with Crippen LogP contribution in [0, 0.1) is 0 Å². The van der Waals surface area contributed by atoms with Gasteiger partial charge in [0.1, 0.15) is 0 Å². The topological polar surface area (TPSA) is 58.2 Å². The van der Waals surface area contributed by atoms with Crippen LogP contribution in [-0.2, 0) is 21.2 Å². The first-order valence-electron chi connectivity index (χ1n) is 9.07. The lowest BCUT2D eigenvalue weighted by Crippen LogP contribution is -2.40. The summed E-state index contributed by atoms with van der Waals surface area (Å²) < 4.78 is 38.9. The van der Waals surface area contributed by atoms with E-state index >= 15 is 0 Å². The van der Waals surface area contributed by atoms with Gasteiger partial charge in [0.25, 0.3) is 0 Å². The van der Waals surface area contributed by atoms with E-state index in [0.29, 0.717) is 5.56 Å². The zero-order valence-electron chi connectivity index (χ0n) is 16.0. The number of hydrogen-bond acceptors (Lipinski definition) is 3. The monoisotopic (exact) mass is 422 g/mol. The molecule has 4 nitrogen and oxygen atoms in total. The molecule has 1 unspecified atom stereocenters. The average molecular weight is 422 g/mol. The molecule has 0 aliphatic carbocycles. The molecule has 2 aromatic rings. The van der Waals surface area contributed by atoms with Crippen molar-refractivity contribution in [3.63, 3.8) is 0 Å². The average Bonchev–Trinajstić information content (AvgIpc) is 2.66. The molecule has 0 saturated carbocycles. The standard InChI is InChI=1S/C21H21F3N2O2S/c1-20(2,13-6-5-7-14(10-13)21(22,23)24)12-25-18(27)11-17-19(28)26-15-8-3-4-9-16(15)29-17/h3-10,17H,11-12H2,1-2H3,(H,25,27)(H,26,28). The van der Waals surface area contributed by atoms with Gasteiger partial charge in [0, 0.05) is 23.3 Å². The summed E-state index contributed by atoms with van der Waals surface area (Å²) in [7, 11) is 0. The Morgan fingerprint density at radius 3 is 2.52 bits per heavy atom. The molecule has 8 heteroatoms. The Morgan fingerprint density at radius 1 is 1.10 bits per heavy atom. The van der Waals surface area contributed by atoms with Gasteiger partial charge in [-0.3, -0.25) is 9.59 Å². The molecule has 2 aromatic carbocycles. The van der Waals surface area contributed by atoms with Crippen molar-refractivity contribution in [2.45, 2.75) is 42.0 Å². The highest BCUT2D eigenvalue weighted by Crippen LogP contribution is 2.36. The minimum absolute atomic E-state index is 0.0104. The smallest absolute Gasteiger partial charge is 0.355 e. The third-order valence-electron chi connectivity index (χ3n) is 4.78. The summed E-state index contributed by atoms with van der Waals surface area (Å²) in [6, 6.07) is 12.5. The summed E-state index contributed by atoms with van der Waals surface area (Å²) in [5.74, 6) is -0.557. The Labute approximate surface area is 171 Å². The van der Waals surface area contributed by atoms with Gasteiger partial charge >= 0.3 is 6.18 Å². The number of nitrogens with one attached hydrogen (secondary N) is 2. The second kappa shape index (κ2) is 8.10. The molecule has 0 bridgehead atoms. The van der Waals surface area contributed by atoms with Gasteiger partial charge in [-0.2, -0.15) is 13.2 Å². The van der Waals surface area contributed by atoms with Crippen molar-refractivity contribution in [2.24, 2.45) is 0 Å². The Bertz CT molecular complexity index is 928. The van der Waals surface area contributed by atoms with Gasteiger partial charge in [-0.25, -0.2) is 0 Å². The van der Waals surface area contributed by atoms with Crippen LogP contribution in [0.15, 0.2) is 53.4 Å². The van der Waals surface area contributed by atoms with Crippen LogP contribution in [0.1, 0.15) is 31.4 Å². The maximum absolute atomic E-state index is 13.0. The molecule has 1 aliphatic rings. The highest BCUT2D eigenvalue weighted by molar-refractivity contribution is 8.01. The van der Waals surface area contributed by atoms with Crippen LogP contribution in [0.3, 0.4) is 0 Å². The van der Waals surface area contributed by atoms with E-state index in [9.17, 15) is 22.8 Å². The number of thioether (sulfide) groups is 1. The molecule has 1 heterocycles. The van der Waals surface area contributed by atoms with Gasteiger partial charge in [-0.15, -0.1) is 11.8 Å². The van der Waals surface area contributed by atoms with Gasteiger partial charge in [-0.05, 0) is 23.8 Å². The number of benzene rings is 2. The number of amides is 2. The molecule has 1 aliphatic heterocycles. The van der Waals surface area contributed by atoms with Crippen LogP contribution in [0.4, 0.5) is 18.9 Å². The molecule has 2 amide bonds. The number of hydrogen-bond donors (Lipinski definition) is 2. The van der Waals surface area contributed by atoms with E-state index in [2.05, 4.69) is 10.6 Å². The van der Waals surface area contributed by atoms with Gasteiger partial charge in [-0.1, -0.05) is 44.2 Å². The highest BCUT2D eigenvalue weighted by Gasteiger charge is 2.33. The predicted octanol–water partition coefficient (Wildman–Crippen LogP) is 4.60. The largest absolute Gasteiger partial charge is 0.416 e. The summed E-state index contributed by atoms with van der Waals surface area (Å²) in [6.07, 6.45) is -4.43. The molecule has 0 saturated heterocycles. The normalized spacial score (nSPS) is 16.7. The number of carbonyl (C=O) groups excluding carboxylic acids is 2. The summed E-state index contributed by atoms with van der Waals surface area (Å²) in [5.41, 5.74) is -0.217. The first kappa shape index (κ1) is 21.2. The molecule has 0 aromatic heterocycles. The fraction of sp³-hybridized carbons (Fsp3) is 0.333. The molecule has 0 spiro atoms. The number of fused-ring (bicyclic) bond motifs is 1. The third-order valence-corrected chi connectivity index (χ3v) is 6.05. The fourth-order valence-electron chi connectivity index (χ4n) is 3.01. The number of rotatable bonds is 5. The van der Waals surface area contributed by atoms with E-state index in [1.165, 1.54) is 17.8 Å². The van der Waals surface area contributed by atoms with Crippen LogP contribution in [0.2, 0.25) is 0 Å². The van der Waals surface area contributed by atoms with E-state index in [1.807, 2.05) is 18.2 Å². The summed E-state index contributed by atoms with van der Waals surface area (Å²) in [6.45, 7) is 3.69. The van der Waals surface area contributed by atoms with Gasteiger partial charge in [0.2, 0.25) is 11.8 Å². The Hall–Kier alpha value is -2.48. The Morgan fingerprint density at radius 2 is 1.79 bits per heavy atom. The summed E-state index contributed by atoms with van der Waals surface area (Å²) >= 11 is 1.33. The number of halogens is 3. The minimum Gasteiger partial charge on any atom is -0.355 e. The molecule has 29 heavy (non-hydrogen) atoms. The van der Waals surface area contributed by atoms with Crippen molar-refractivity contribution < 1.29 is 22.8 Å². The lowest BCUT2D eigenvalue weighted by molar-refractivity contribution is -0.137. The minimum atomic E-state index is -4.42. The SMILES string of the molecule is CC(C)(CNC(=O)CC1Sc2ccccc2NC1=O)c1cccc(C(F)(F)F)c1. The maximum atomic E-state index is 13.0. The second-order valence-electron chi connectivity index (χ2n) is 7.54. The van der Waals surface area contributed by atoms with Crippen molar-refractivity contribution in [1.29, 1.82) is 0 Å². The van der Waals surface area contributed by atoms with Crippen LogP contribution in [-0.4, -0.2) is 23.6 Å². The molecule has 3 rings (SSSR count). The zero-order valence-corrected chi connectivity index (χ0v) is 16.8. The number of carbonyl (C=O) groups is 2. The van der Waals surface area contributed by atoms with Crippen molar-refractivity contribution in [1.82, 2.24) is 5.32 Å². The lowest BCUT2D eigenvalue weighted by Gasteiger charge is -2.27. The fourth-order valence-corrected chi connectivity index (χ4v) is 4.12. The molecule has 1 atom stereocenters. The molecule has 154 valence electrons. The third kappa shape index (κ3) is 5.12. The molecular weight excluding hydrogens is 401 g/mol. The van der Waals surface area contributed by atoms with Gasteiger partial charge in [0.15, 0.2) is 0 Å². The number of alkyl halides is 3. The van der Waals surface area contributed by atoms with E-state index < -0.39 is 22.4 Å². The second-order valence-corrected chi connectivity index (χ2v) is 8.78. The van der Waals surface area contributed by atoms with E-state index in [0.717, 1.165) is 22.7 Å². The number of anilines is 1. The van der Waals surface area contributed by atoms with Crippen LogP contribution >= 0.6 is 11.8 Å². The van der Waals surface area contributed by atoms with E-state index in [-0.39, 0.29) is 24.8 Å². The maximum Gasteiger partial charge on any atom is 0.416 e. The lowest BCUT2D eigenvalue weighted by atomic mass is 9.83. The Balaban J connectivity index is 1.61. The van der Waals surface area contributed by atoms with Crippen LogP contribution in [0.5, 0.6) is 0 Å². The zero-order chi connectivity index (χ0) is 21.2. The quantitative estimate of drug-likeness (QED) is 0.740. The van der Waals surface area contributed by atoms with Gasteiger partial charge < -0.3 is 10.6 Å². The van der Waals surface area contributed by atoms with E-state index in [4.69, 9.17) is 0 Å². The first-order valence-corrected chi connectivity index (χ1v) is 9.95. The summed E-state index contributed by atoms with van der Waals surface area (Å²) in [5, 5.41) is 4.99. The highest BCUT2D eigenvalue weighted by atomic mass is 32.2. The van der Waals surface area contributed by atoms with Crippen LogP contribution in [0.25, 0.3) is 0 Å². The van der Waals surface area contributed by atoms with Crippen LogP contribution < -0.4 is 10.6 Å². The van der Waals surface area contributed by atoms with Crippen molar-refractivity contribution in [2.75, 3.05) is 11.9 Å².